The van der Waals surface area contributed by atoms with Crippen LogP contribution in [-0.4, -0.2) is 76.1 Å². The molecule has 1 saturated heterocycles. The van der Waals surface area contributed by atoms with E-state index in [1.807, 2.05) is 36.4 Å². The summed E-state index contributed by atoms with van der Waals surface area (Å²) in [4.78, 5) is 51.8. The molecule has 1 fully saturated rings. The topological polar surface area (TPSA) is 162 Å². The Labute approximate surface area is 209 Å². The lowest BCUT2D eigenvalue weighted by atomic mass is 10.0. The number of likely N-dealkylation sites (tertiary alicyclic amines) is 1. The Bertz CT molecular complexity index is 1050. The number of carboxylic acids is 1. The number of nitrogens with zero attached hydrogens (tertiary/aromatic N) is 1. The first-order valence-electron chi connectivity index (χ1n) is 11.9. The average molecular weight is 497 g/mol. The van der Waals surface area contributed by atoms with Crippen molar-refractivity contribution in [3.05, 3.63) is 71.8 Å². The number of carboxylic acid groups (broad SMARTS) is 1. The van der Waals surface area contributed by atoms with Gasteiger partial charge >= 0.3 is 5.97 Å². The van der Waals surface area contributed by atoms with Gasteiger partial charge in [-0.05, 0) is 30.4 Å². The van der Waals surface area contributed by atoms with Gasteiger partial charge in [0.05, 0.1) is 12.6 Å². The molecule has 3 amide bonds. The van der Waals surface area contributed by atoms with Crippen LogP contribution in [0.15, 0.2) is 60.7 Å². The molecule has 1 aliphatic rings. The quantitative estimate of drug-likeness (QED) is 0.289. The number of rotatable bonds is 11. The molecular formula is C26H32N4O6. The van der Waals surface area contributed by atoms with Gasteiger partial charge in [0.15, 0.2) is 0 Å². The summed E-state index contributed by atoms with van der Waals surface area (Å²) in [6.45, 7) is -0.436. The number of aliphatic carboxylic acids is 1. The van der Waals surface area contributed by atoms with Crippen LogP contribution < -0.4 is 16.4 Å². The fourth-order valence-corrected chi connectivity index (χ4v) is 4.24. The highest BCUT2D eigenvalue weighted by Crippen LogP contribution is 2.19. The van der Waals surface area contributed by atoms with Gasteiger partial charge in [-0.2, -0.15) is 0 Å². The van der Waals surface area contributed by atoms with Crippen LogP contribution in [0.3, 0.4) is 0 Å². The number of nitrogens with two attached hydrogens (primary N) is 1. The van der Waals surface area contributed by atoms with Gasteiger partial charge in [0.1, 0.15) is 18.1 Å². The fourth-order valence-electron chi connectivity index (χ4n) is 4.24. The van der Waals surface area contributed by atoms with Crippen LogP contribution in [0.2, 0.25) is 0 Å². The molecule has 2 aromatic rings. The van der Waals surface area contributed by atoms with Crippen LogP contribution in [0, 0.1) is 0 Å². The molecule has 0 radical (unpaired) electrons. The third kappa shape index (κ3) is 7.12. The van der Waals surface area contributed by atoms with Gasteiger partial charge in [0, 0.05) is 13.0 Å². The first-order chi connectivity index (χ1) is 17.3. The highest BCUT2D eigenvalue weighted by Gasteiger charge is 2.38. The van der Waals surface area contributed by atoms with Gasteiger partial charge in [-0.15, -0.1) is 0 Å². The standard InChI is InChI=1S/C26H32N4O6/c27-19(14-17-8-3-1-4-9-17)23(32)29-21(16-31)24(33)28-20(15-18-10-5-2-6-11-18)25(34)30-13-7-12-22(30)26(35)36/h1-6,8-11,19-22,31H,7,12-16,27H2,(H,28,33)(H,29,32)(H,35,36). The van der Waals surface area contributed by atoms with Crippen molar-refractivity contribution in [3.8, 4) is 0 Å². The molecule has 10 heteroatoms. The number of hydrogen-bond donors (Lipinski definition) is 5. The number of benzene rings is 2. The maximum atomic E-state index is 13.3. The van der Waals surface area contributed by atoms with E-state index in [0.717, 1.165) is 11.1 Å². The first kappa shape index (κ1) is 26.8. The van der Waals surface area contributed by atoms with Crippen molar-refractivity contribution < 1.29 is 29.4 Å². The Morgan fingerprint density at radius 1 is 0.889 bits per heavy atom. The van der Waals surface area contributed by atoms with Gasteiger partial charge in [0.25, 0.3) is 0 Å². The van der Waals surface area contributed by atoms with E-state index in [2.05, 4.69) is 10.6 Å². The number of nitrogens with one attached hydrogen (secondary N) is 2. The minimum atomic E-state index is -1.33. The van der Waals surface area contributed by atoms with E-state index in [1.165, 1.54) is 4.90 Å². The summed E-state index contributed by atoms with van der Waals surface area (Å²) >= 11 is 0. The van der Waals surface area contributed by atoms with Crippen LogP contribution in [0.5, 0.6) is 0 Å². The van der Waals surface area contributed by atoms with Gasteiger partial charge < -0.3 is 31.5 Å². The Balaban J connectivity index is 1.70. The van der Waals surface area contributed by atoms with E-state index >= 15 is 0 Å². The summed E-state index contributed by atoms with van der Waals surface area (Å²) < 4.78 is 0. The monoisotopic (exact) mass is 496 g/mol. The smallest absolute Gasteiger partial charge is 0.326 e. The lowest BCUT2D eigenvalue weighted by molar-refractivity contribution is -0.149. The number of carbonyl (C=O) groups is 4. The molecule has 6 N–H and O–H groups in total. The maximum absolute atomic E-state index is 13.3. The SMILES string of the molecule is NC(Cc1ccccc1)C(=O)NC(CO)C(=O)NC(Cc1ccccc1)C(=O)N1CCCC1C(=O)O. The number of carbonyl (C=O) groups excluding carboxylic acids is 3. The maximum Gasteiger partial charge on any atom is 0.326 e. The molecule has 1 heterocycles. The second-order valence-corrected chi connectivity index (χ2v) is 8.82. The van der Waals surface area contributed by atoms with Crippen LogP contribution >= 0.6 is 0 Å². The zero-order chi connectivity index (χ0) is 26.1. The molecule has 4 unspecified atom stereocenters. The highest BCUT2D eigenvalue weighted by atomic mass is 16.4. The van der Waals surface area contributed by atoms with Crippen LogP contribution in [0.4, 0.5) is 0 Å². The van der Waals surface area contributed by atoms with E-state index in [4.69, 9.17) is 5.73 Å². The fraction of sp³-hybridized carbons (Fsp3) is 0.385. The summed E-state index contributed by atoms with van der Waals surface area (Å²) in [7, 11) is 0. The highest BCUT2D eigenvalue weighted by molar-refractivity contribution is 5.94. The zero-order valence-corrected chi connectivity index (χ0v) is 19.9. The molecule has 2 aromatic carbocycles. The summed E-state index contributed by atoms with van der Waals surface area (Å²) in [6, 6.07) is 13.8. The molecule has 0 bridgehead atoms. The van der Waals surface area contributed by atoms with Crippen molar-refractivity contribution in [3.63, 3.8) is 0 Å². The number of hydrogen-bond acceptors (Lipinski definition) is 6. The number of amides is 3. The second-order valence-electron chi connectivity index (χ2n) is 8.82. The largest absolute Gasteiger partial charge is 0.480 e. The van der Waals surface area contributed by atoms with Crippen molar-refractivity contribution in [2.45, 2.75) is 49.9 Å². The van der Waals surface area contributed by atoms with E-state index in [-0.39, 0.29) is 19.4 Å². The zero-order valence-electron chi connectivity index (χ0n) is 19.9. The Kier molecular flexibility index (Phi) is 9.54. The summed E-state index contributed by atoms with van der Waals surface area (Å²) in [5.74, 6) is -3.01. The van der Waals surface area contributed by atoms with Crippen LogP contribution in [-0.2, 0) is 32.0 Å². The molecule has 0 spiro atoms. The minimum Gasteiger partial charge on any atom is -0.480 e. The van der Waals surface area contributed by atoms with E-state index in [9.17, 15) is 29.4 Å². The summed E-state index contributed by atoms with van der Waals surface area (Å²) in [5.41, 5.74) is 7.59. The minimum absolute atomic E-state index is 0.119. The normalized spacial score (nSPS) is 17.6. The predicted octanol–water partition coefficient (Wildman–Crippen LogP) is -0.163. The Morgan fingerprint density at radius 3 is 2.00 bits per heavy atom. The number of aliphatic hydroxyl groups is 1. The van der Waals surface area contributed by atoms with Crippen LogP contribution in [0.1, 0.15) is 24.0 Å². The molecule has 0 aliphatic carbocycles. The lowest BCUT2D eigenvalue weighted by Gasteiger charge is -2.28. The van der Waals surface area contributed by atoms with E-state index in [0.29, 0.717) is 12.8 Å². The van der Waals surface area contributed by atoms with E-state index < -0.39 is 54.5 Å². The third-order valence-corrected chi connectivity index (χ3v) is 6.17. The number of aliphatic hydroxyl groups excluding tert-OH is 1. The molecule has 1 aliphatic heterocycles. The van der Waals surface area contributed by atoms with Crippen molar-refractivity contribution in [1.29, 1.82) is 0 Å². The molecular weight excluding hydrogens is 464 g/mol. The second kappa shape index (κ2) is 12.8. The van der Waals surface area contributed by atoms with Crippen molar-refractivity contribution in [1.82, 2.24) is 15.5 Å². The van der Waals surface area contributed by atoms with Gasteiger partial charge in [0.2, 0.25) is 17.7 Å². The van der Waals surface area contributed by atoms with Crippen molar-refractivity contribution in [2.75, 3.05) is 13.2 Å². The van der Waals surface area contributed by atoms with Gasteiger partial charge in [-0.25, -0.2) is 4.79 Å². The lowest BCUT2D eigenvalue weighted by Crippen LogP contribution is -2.58. The molecule has 4 atom stereocenters. The van der Waals surface area contributed by atoms with Crippen molar-refractivity contribution >= 4 is 23.7 Å². The first-order valence-corrected chi connectivity index (χ1v) is 11.9. The third-order valence-electron chi connectivity index (χ3n) is 6.17. The summed E-state index contributed by atoms with van der Waals surface area (Å²) in [6.07, 6.45) is 1.24. The van der Waals surface area contributed by atoms with E-state index in [1.54, 1.807) is 24.3 Å². The molecule has 36 heavy (non-hydrogen) atoms. The predicted molar refractivity (Wildman–Crippen MR) is 132 cm³/mol. The Hall–Kier alpha value is -3.76. The van der Waals surface area contributed by atoms with Gasteiger partial charge in [-0.3, -0.25) is 14.4 Å². The molecule has 0 aromatic heterocycles. The van der Waals surface area contributed by atoms with Gasteiger partial charge in [-0.1, -0.05) is 60.7 Å². The van der Waals surface area contributed by atoms with Crippen molar-refractivity contribution in [2.24, 2.45) is 5.73 Å². The average Bonchev–Trinajstić information content (AvgIpc) is 3.38. The Morgan fingerprint density at radius 2 is 1.44 bits per heavy atom. The molecule has 0 saturated carbocycles. The molecule has 3 rings (SSSR count). The molecule has 10 nitrogen and oxygen atoms in total. The molecule has 192 valence electrons. The summed E-state index contributed by atoms with van der Waals surface area (Å²) in [5, 5.41) is 24.3. The van der Waals surface area contributed by atoms with Crippen LogP contribution in [0.25, 0.3) is 0 Å².